The van der Waals surface area contributed by atoms with Crippen molar-refractivity contribution in [3.05, 3.63) is 23.7 Å². The molecule has 0 amide bonds. The molecule has 3 fully saturated rings. The fourth-order valence-electron chi connectivity index (χ4n) is 5.61. The summed E-state index contributed by atoms with van der Waals surface area (Å²) in [6, 6.07) is 1.79. The fourth-order valence-corrected chi connectivity index (χ4v) is 6.68. The van der Waals surface area contributed by atoms with Gasteiger partial charge in [-0.15, -0.1) is 11.3 Å². The summed E-state index contributed by atoms with van der Waals surface area (Å²) in [5.41, 5.74) is 2.47. The van der Waals surface area contributed by atoms with Crippen LogP contribution in [0.4, 0.5) is 11.8 Å². The van der Waals surface area contributed by atoms with E-state index in [-0.39, 0.29) is 6.04 Å². The normalized spacial score (nSPS) is 27.0. The number of nitrogens with one attached hydrogen (secondary N) is 2. The number of pyridine rings is 1. The molecule has 3 aliphatic rings. The van der Waals surface area contributed by atoms with Crippen LogP contribution in [-0.2, 0) is 0 Å². The lowest BCUT2D eigenvalue weighted by Gasteiger charge is -2.28. The van der Waals surface area contributed by atoms with E-state index in [0.29, 0.717) is 30.0 Å². The van der Waals surface area contributed by atoms with Gasteiger partial charge in [-0.25, -0.2) is 9.97 Å². The number of aliphatic hydroxyl groups excluding tert-OH is 2. The molecule has 0 spiro atoms. The maximum absolute atomic E-state index is 10.9. The maximum atomic E-state index is 10.9. The smallest absolute Gasteiger partial charge is 0.225 e. The van der Waals surface area contributed by atoms with Gasteiger partial charge in [-0.3, -0.25) is 4.98 Å². The van der Waals surface area contributed by atoms with Crippen molar-refractivity contribution < 1.29 is 15.3 Å². The van der Waals surface area contributed by atoms with Gasteiger partial charge in [-0.05, 0) is 71.8 Å². The first kappa shape index (κ1) is 24.9. The predicted molar refractivity (Wildman–Crippen MR) is 145 cm³/mol. The average molecular weight is 525 g/mol. The maximum Gasteiger partial charge on any atom is 0.225 e. The molecule has 0 saturated heterocycles. The molecular formula is C27H36N6O3S. The van der Waals surface area contributed by atoms with Gasteiger partial charge in [0.2, 0.25) is 5.95 Å². The first-order valence-electron chi connectivity index (χ1n) is 13.4. The number of hydrogen-bond donors (Lipinski definition) is 5. The molecule has 9 nitrogen and oxygen atoms in total. The predicted octanol–water partition coefficient (Wildman–Crippen LogP) is 3.84. The topological polar surface area (TPSA) is 136 Å². The van der Waals surface area contributed by atoms with E-state index < -0.39 is 29.8 Å². The Balaban J connectivity index is 1.40. The summed E-state index contributed by atoms with van der Waals surface area (Å²) in [6.07, 6.45) is 4.92. The van der Waals surface area contributed by atoms with Crippen LogP contribution in [0.5, 0.6) is 0 Å². The van der Waals surface area contributed by atoms with Crippen LogP contribution in [0.15, 0.2) is 12.3 Å². The highest BCUT2D eigenvalue weighted by Crippen LogP contribution is 2.45. The van der Waals surface area contributed by atoms with Crippen molar-refractivity contribution in [2.45, 2.75) is 95.6 Å². The number of thiazole rings is 1. The van der Waals surface area contributed by atoms with E-state index in [0.717, 1.165) is 45.0 Å². The number of anilines is 2. The zero-order chi connectivity index (χ0) is 26.1. The summed E-state index contributed by atoms with van der Waals surface area (Å²) >= 11 is 1.59. The quantitative estimate of drug-likeness (QED) is 0.298. The van der Waals surface area contributed by atoms with Crippen molar-refractivity contribution >= 4 is 33.3 Å². The largest absolute Gasteiger partial charge is 0.390 e. The van der Waals surface area contributed by atoms with E-state index >= 15 is 0 Å². The number of aryl methyl sites for hydroxylation is 1. The monoisotopic (exact) mass is 524 g/mol. The third-order valence-corrected chi connectivity index (χ3v) is 9.24. The zero-order valence-electron chi connectivity index (χ0n) is 21.8. The van der Waals surface area contributed by atoms with E-state index in [1.54, 1.807) is 25.2 Å². The molecule has 3 heterocycles. The molecule has 198 valence electrons. The van der Waals surface area contributed by atoms with Crippen LogP contribution < -0.4 is 10.6 Å². The molecule has 0 unspecified atom stereocenters. The Morgan fingerprint density at radius 1 is 1.08 bits per heavy atom. The first-order chi connectivity index (χ1) is 17.6. The second-order valence-corrected chi connectivity index (χ2v) is 12.7. The Morgan fingerprint density at radius 3 is 2.49 bits per heavy atom. The second-order valence-electron chi connectivity index (χ2n) is 11.7. The lowest BCUT2D eigenvalue weighted by atomic mass is 9.88. The molecular weight excluding hydrogens is 488 g/mol. The van der Waals surface area contributed by atoms with Crippen molar-refractivity contribution in [3.63, 3.8) is 0 Å². The minimum Gasteiger partial charge on any atom is -0.390 e. The van der Waals surface area contributed by atoms with E-state index in [1.165, 1.54) is 12.8 Å². The van der Waals surface area contributed by atoms with Crippen molar-refractivity contribution in [1.29, 1.82) is 0 Å². The van der Waals surface area contributed by atoms with Gasteiger partial charge in [0.25, 0.3) is 0 Å². The summed E-state index contributed by atoms with van der Waals surface area (Å²) < 4.78 is 1.08. The van der Waals surface area contributed by atoms with E-state index in [1.807, 2.05) is 19.2 Å². The molecule has 0 aromatic carbocycles. The summed E-state index contributed by atoms with van der Waals surface area (Å²) in [4.78, 5) is 19.3. The van der Waals surface area contributed by atoms with Crippen LogP contribution in [0.25, 0.3) is 20.8 Å². The molecule has 37 heavy (non-hydrogen) atoms. The summed E-state index contributed by atoms with van der Waals surface area (Å²) in [5, 5.41) is 39.9. The molecule has 3 aromatic rings. The minimum absolute atomic E-state index is 0.270. The van der Waals surface area contributed by atoms with Crippen molar-refractivity contribution in [2.24, 2.45) is 11.8 Å². The number of rotatable bonds is 8. The number of fused-ring (bicyclic) bond motifs is 1. The van der Waals surface area contributed by atoms with Gasteiger partial charge in [0.05, 0.1) is 39.4 Å². The standard InChI is InChI=1S/C27H36N6O3S/c1-12(14-5-6-14)29-26-30-13(2)19(25-32-21-18(37-25)9-10-28-20(21)15-7-8-15)24(33-26)31-17-11-16(27(3,4)36)22(34)23(17)35/h9-10,12,14-17,22-23,34-36H,5-8,11H2,1-4H3,(H2,29,30,31,33)/t12-,16+,17-,22-,23+/m1/s1. The molecule has 0 radical (unpaired) electrons. The van der Waals surface area contributed by atoms with E-state index in [9.17, 15) is 15.3 Å². The van der Waals surface area contributed by atoms with Gasteiger partial charge < -0.3 is 26.0 Å². The molecule has 5 atom stereocenters. The summed E-state index contributed by atoms with van der Waals surface area (Å²) in [7, 11) is 0. The SMILES string of the molecule is Cc1nc(N[C@H](C)C2CC2)nc(N[C@@H]2C[C@H](C(C)(C)O)[C@@H](O)[C@H]2O)c1-c1nc2c(C3CC3)nccc2s1. The highest BCUT2D eigenvalue weighted by atomic mass is 32.1. The lowest BCUT2D eigenvalue weighted by molar-refractivity contribution is -0.0601. The van der Waals surface area contributed by atoms with Crippen molar-refractivity contribution in [2.75, 3.05) is 10.6 Å². The van der Waals surface area contributed by atoms with E-state index in [2.05, 4.69) is 22.5 Å². The van der Waals surface area contributed by atoms with Crippen LogP contribution in [0.1, 0.15) is 70.2 Å². The molecule has 0 bridgehead atoms. The van der Waals surface area contributed by atoms with Gasteiger partial charge in [0, 0.05) is 24.1 Å². The Hall–Kier alpha value is -2.40. The van der Waals surface area contributed by atoms with Crippen LogP contribution in [0.2, 0.25) is 0 Å². The third kappa shape index (κ3) is 4.80. The highest BCUT2D eigenvalue weighted by molar-refractivity contribution is 7.21. The molecule has 10 heteroatoms. The van der Waals surface area contributed by atoms with Gasteiger partial charge in [0.15, 0.2) is 0 Å². The van der Waals surface area contributed by atoms with Crippen molar-refractivity contribution in [1.82, 2.24) is 19.9 Å². The molecule has 3 saturated carbocycles. The van der Waals surface area contributed by atoms with Gasteiger partial charge in [0.1, 0.15) is 22.4 Å². The van der Waals surface area contributed by atoms with Crippen LogP contribution in [-0.4, -0.2) is 65.1 Å². The third-order valence-electron chi connectivity index (χ3n) is 8.20. The Kier molecular flexibility index (Phi) is 6.13. The zero-order valence-corrected chi connectivity index (χ0v) is 22.6. The van der Waals surface area contributed by atoms with Crippen LogP contribution in [0, 0.1) is 18.8 Å². The Labute approximate surface area is 220 Å². The van der Waals surface area contributed by atoms with Gasteiger partial charge in [-0.1, -0.05) is 0 Å². The Morgan fingerprint density at radius 2 is 1.84 bits per heavy atom. The molecule has 6 rings (SSSR count). The van der Waals surface area contributed by atoms with Gasteiger partial charge >= 0.3 is 0 Å². The number of aromatic nitrogens is 4. The number of hydrogen-bond acceptors (Lipinski definition) is 10. The molecule has 5 N–H and O–H groups in total. The Bertz CT molecular complexity index is 1320. The average Bonchev–Trinajstić information content (AvgIpc) is 3.75. The second kappa shape index (κ2) is 9.11. The lowest BCUT2D eigenvalue weighted by Crippen LogP contribution is -2.40. The van der Waals surface area contributed by atoms with Crippen molar-refractivity contribution in [3.8, 4) is 10.6 Å². The molecule has 3 aromatic heterocycles. The van der Waals surface area contributed by atoms with Crippen LogP contribution >= 0.6 is 11.3 Å². The fraction of sp³-hybridized carbons (Fsp3) is 0.630. The first-order valence-corrected chi connectivity index (χ1v) is 14.2. The number of nitrogens with zero attached hydrogens (tertiary/aromatic N) is 4. The summed E-state index contributed by atoms with van der Waals surface area (Å²) in [5.74, 6) is 1.77. The van der Waals surface area contributed by atoms with E-state index in [4.69, 9.17) is 15.0 Å². The van der Waals surface area contributed by atoms with Gasteiger partial charge in [-0.2, -0.15) is 4.98 Å². The molecule has 0 aliphatic heterocycles. The highest BCUT2D eigenvalue weighted by Gasteiger charge is 2.48. The number of aliphatic hydroxyl groups is 3. The summed E-state index contributed by atoms with van der Waals surface area (Å²) in [6.45, 7) is 7.46. The minimum atomic E-state index is -1.12. The van der Waals surface area contributed by atoms with Crippen LogP contribution in [0.3, 0.4) is 0 Å². The molecule has 3 aliphatic carbocycles.